The van der Waals surface area contributed by atoms with Crippen LogP contribution in [0, 0.1) is 6.92 Å². The third-order valence-corrected chi connectivity index (χ3v) is 5.30. The molecular formula is C19H13BrCl5N6O3Y-. The molecular weight excluding hydrogens is 706 g/mol. The molecule has 0 unspecified atom stereocenters. The third-order valence-electron chi connectivity index (χ3n) is 4.08. The molecule has 1 radical (unpaired) electrons. The number of amides is 2. The Kier molecular flexibility index (Phi) is 11.7. The SMILES string of the molecule is Cc1cc(Cl)cc(C(=O)N[N-]OCC(Cl)(Cl)Cl)c1NC(=O)c1cc(Br)nn1-c1ncccc1Cl.[Y]. The summed E-state index contributed by atoms with van der Waals surface area (Å²) in [6, 6.07) is 7.67. The van der Waals surface area contributed by atoms with Gasteiger partial charge in [0, 0.05) is 50.0 Å². The summed E-state index contributed by atoms with van der Waals surface area (Å²) in [6.45, 7) is 1.27. The van der Waals surface area contributed by atoms with Crippen molar-refractivity contribution in [3.8, 4) is 5.82 Å². The fourth-order valence-corrected chi connectivity index (χ4v) is 3.71. The van der Waals surface area contributed by atoms with Crippen LogP contribution in [0.15, 0.2) is 41.1 Å². The van der Waals surface area contributed by atoms with Crippen LogP contribution in [0.4, 0.5) is 5.69 Å². The van der Waals surface area contributed by atoms with Crippen LogP contribution in [0.3, 0.4) is 0 Å². The van der Waals surface area contributed by atoms with Crippen LogP contribution in [-0.2, 0) is 37.5 Å². The number of aryl methyl sites for hydroxylation is 1. The number of halogens is 6. The predicted molar refractivity (Wildman–Crippen MR) is 135 cm³/mol. The Morgan fingerprint density at radius 3 is 2.57 bits per heavy atom. The summed E-state index contributed by atoms with van der Waals surface area (Å²) in [5, 5.41) is 7.48. The van der Waals surface area contributed by atoms with Crippen molar-refractivity contribution in [3.05, 3.63) is 73.6 Å². The van der Waals surface area contributed by atoms with Gasteiger partial charge < -0.3 is 21.2 Å². The molecule has 0 aliphatic rings. The van der Waals surface area contributed by atoms with Crippen LogP contribution >= 0.6 is 73.9 Å². The minimum atomic E-state index is -1.71. The number of nitrogens with zero attached hydrogens (tertiary/aromatic N) is 4. The van der Waals surface area contributed by atoms with Crippen molar-refractivity contribution in [1.29, 1.82) is 0 Å². The Bertz CT molecular complexity index is 1240. The monoisotopic (exact) mass is 716 g/mol. The second-order valence-electron chi connectivity index (χ2n) is 6.59. The number of hydrogen-bond acceptors (Lipinski definition) is 5. The van der Waals surface area contributed by atoms with Crippen molar-refractivity contribution < 1.29 is 47.1 Å². The molecule has 35 heavy (non-hydrogen) atoms. The minimum absolute atomic E-state index is 0. The zero-order valence-electron chi connectivity index (χ0n) is 17.5. The van der Waals surface area contributed by atoms with Crippen LogP contribution in [-0.4, -0.2) is 37.0 Å². The number of alkyl halides is 3. The second-order valence-corrected chi connectivity index (χ2v) is 10.8. The van der Waals surface area contributed by atoms with Crippen molar-refractivity contribution >= 4 is 91.4 Å². The average Bonchev–Trinajstić information content (AvgIpc) is 3.14. The zero-order chi connectivity index (χ0) is 25.0. The number of hydrogen-bond donors (Lipinski definition) is 2. The van der Waals surface area contributed by atoms with Crippen molar-refractivity contribution in [2.24, 2.45) is 0 Å². The zero-order valence-corrected chi connectivity index (χ0v) is 25.7. The van der Waals surface area contributed by atoms with Gasteiger partial charge >= 0.3 is 0 Å². The molecule has 0 spiro atoms. The molecule has 1 aromatic carbocycles. The van der Waals surface area contributed by atoms with Crippen LogP contribution in [0.2, 0.25) is 10.0 Å². The first kappa shape index (κ1) is 30.7. The first-order chi connectivity index (χ1) is 16.0. The standard InChI is InChI=1S/C19H14BrCl5N6O3.Y/c1-9-5-10(21)6-11(17(32)28-30-34-8-19(23,24)25)15(9)27-18(33)13-7-14(20)29-31(13)16-12(22)3-2-4-26-16;/h2-7H,8H2,1H3,(H3,27,28,29,30,32,33);/p-1. The van der Waals surface area contributed by atoms with Crippen LogP contribution in [0.5, 0.6) is 0 Å². The maximum atomic E-state index is 13.2. The summed E-state index contributed by atoms with van der Waals surface area (Å²) in [4.78, 5) is 34.8. The molecule has 3 rings (SSSR count). The van der Waals surface area contributed by atoms with E-state index in [2.05, 4.69) is 42.3 Å². The second kappa shape index (κ2) is 13.3. The largest absolute Gasteiger partial charge is 0.463 e. The van der Waals surface area contributed by atoms with Crippen LogP contribution in [0.1, 0.15) is 26.4 Å². The summed E-state index contributed by atoms with van der Waals surface area (Å²) in [7, 11) is 0. The van der Waals surface area contributed by atoms with Gasteiger partial charge in [-0.2, -0.15) is 5.10 Å². The molecule has 0 bridgehead atoms. The van der Waals surface area contributed by atoms with E-state index in [0.717, 1.165) is 0 Å². The fraction of sp³-hybridized carbons (Fsp3) is 0.158. The first-order valence-corrected chi connectivity index (χ1v) is 11.8. The quantitative estimate of drug-likeness (QED) is 0.171. The summed E-state index contributed by atoms with van der Waals surface area (Å²) in [6.07, 6.45) is 1.51. The van der Waals surface area contributed by atoms with Gasteiger partial charge in [0.1, 0.15) is 10.3 Å². The van der Waals surface area contributed by atoms with Gasteiger partial charge in [0.25, 0.3) is 5.91 Å². The Labute approximate surface area is 258 Å². The molecule has 0 aliphatic carbocycles. The predicted octanol–water partition coefficient (Wildman–Crippen LogP) is 6.22. The van der Waals surface area contributed by atoms with Crippen LogP contribution < -0.4 is 10.7 Å². The Balaban J connectivity index is 0.00000432. The Morgan fingerprint density at radius 1 is 1.20 bits per heavy atom. The molecule has 0 fully saturated rings. The molecule has 3 aromatic rings. The number of nitrogens with one attached hydrogen (secondary N) is 2. The van der Waals surface area contributed by atoms with E-state index in [1.54, 1.807) is 25.1 Å². The molecule has 0 aliphatic heterocycles. The van der Waals surface area contributed by atoms with E-state index in [0.29, 0.717) is 10.2 Å². The van der Waals surface area contributed by atoms with Gasteiger partial charge in [-0.1, -0.05) is 58.0 Å². The molecule has 2 amide bonds. The summed E-state index contributed by atoms with van der Waals surface area (Å²) in [5.41, 5.74) is 6.34. The number of rotatable bonds is 7. The number of pyridine rings is 1. The van der Waals surface area contributed by atoms with Crippen molar-refractivity contribution in [3.63, 3.8) is 0 Å². The van der Waals surface area contributed by atoms with E-state index < -0.39 is 22.2 Å². The molecule has 183 valence electrons. The molecule has 0 atom stereocenters. The number of carbonyl (C=O) groups excluding carboxylic acids is 2. The number of aromatic nitrogens is 3. The van der Waals surface area contributed by atoms with Crippen molar-refractivity contribution in [2.75, 3.05) is 11.9 Å². The maximum absolute atomic E-state index is 13.2. The van der Waals surface area contributed by atoms with E-state index in [1.165, 1.54) is 23.0 Å². The number of benzene rings is 1. The van der Waals surface area contributed by atoms with E-state index >= 15 is 0 Å². The normalized spacial score (nSPS) is 11.1. The first-order valence-electron chi connectivity index (χ1n) is 9.13. The van der Waals surface area contributed by atoms with Gasteiger partial charge in [0.15, 0.2) is 5.82 Å². The Morgan fingerprint density at radius 2 is 1.91 bits per heavy atom. The van der Waals surface area contributed by atoms with E-state index in [4.69, 9.17) is 62.8 Å². The van der Waals surface area contributed by atoms with Gasteiger partial charge in [-0.3, -0.25) is 9.59 Å². The van der Waals surface area contributed by atoms with Crippen molar-refractivity contribution in [2.45, 2.75) is 10.7 Å². The van der Waals surface area contributed by atoms with E-state index in [9.17, 15) is 9.59 Å². The fourth-order valence-electron chi connectivity index (χ4n) is 2.71. The summed E-state index contributed by atoms with van der Waals surface area (Å²) >= 11 is 32.3. The molecule has 16 heteroatoms. The Hall–Kier alpha value is -0.526. The van der Waals surface area contributed by atoms with Gasteiger partial charge in [0.05, 0.1) is 22.9 Å². The smallest absolute Gasteiger partial charge is 0.274 e. The molecule has 2 heterocycles. The van der Waals surface area contributed by atoms with Gasteiger partial charge in [-0.25, -0.2) is 9.67 Å². The minimum Gasteiger partial charge on any atom is -0.463 e. The summed E-state index contributed by atoms with van der Waals surface area (Å²) < 4.78 is -0.0736. The van der Waals surface area contributed by atoms with E-state index in [-0.39, 0.29) is 65.5 Å². The molecule has 0 saturated heterocycles. The number of anilines is 1. The van der Waals surface area contributed by atoms with Gasteiger partial charge in [-0.05, 0) is 52.7 Å². The third kappa shape index (κ3) is 8.50. The maximum Gasteiger partial charge on any atom is 0.274 e. The molecule has 2 N–H and O–H groups in total. The average molecular weight is 719 g/mol. The molecule has 2 aromatic heterocycles. The van der Waals surface area contributed by atoms with Gasteiger partial charge in [0.2, 0.25) is 9.70 Å². The summed E-state index contributed by atoms with van der Waals surface area (Å²) in [5.74, 6) is -1.08. The van der Waals surface area contributed by atoms with E-state index in [1.807, 2.05) is 0 Å². The number of carbonyl (C=O) groups is 2. The topological polar surface area (TPSA) is 112 Å². The molecule has 0 saturated carbocycles. The van der Waals surface area contributed by atoms with Gasteiger partial charge in [-0.15, -0.1) is 0 Å². The molecule has 9 nitrogen and oxygen atoms in total. The van der Waals surface area contributed by atoms with Crippen molar-refractivity contribution in [1.82, 2.24) is 20.2 Å². The van der Waals surface area contributed by atoms with Crippen LogP contribution in [0.25, 0.3) is 11.4 Å².